The number of fused-ring (bicyclic) bond motifs is 1. The fraction of sp³-hybridized carbons (Fsp3) is 0.421. The molecule has 0 spiro atoms. The predicted octanol–water partition coefficient (Wildman–Crippen LogP) is 3.08. The summed E-state index contributed by atoms with van der Waals surface area (Å²) in [4.78, 5) is 15.7. The largest absolute Gasteiger partial charge is 0.489 e. The van der Waals surface area contributed by atoms with Crippen LogP contribution in [0, 0.1) is 0 Å². The summed E-state index contributed by atoms with van der Waals surface area (Å²) in [7, 11) is 0. The lowest BCUT2D eigenvalue weighted by Crippen LogP contribution is -2.35. The summed E-state index contributed by atoms with van der Waals surface area (Å²) in [6.45, 7) is 5.23. The summed E-state index contributed by atoms with van der Waals surface area (Å²) >= 11 is 1.73. The first-order chi connectivity index (χ1) is 11.7. The molecule has 0 radical (unpaired) electrons. The molecule has 1 aromatic heterocycles. The number of thiophene rings is 1. The minimum Gasteiger partial charge on any atom is -0.489 e. The van der Waals surface area contributed by atoms with Crippen molar-refractivity contribution in [3.63, 3.8) is 0 Å². The van der Waals surface area contributed by atoms with Crippen LogP contribution < -0.4 is 10.1 Å². The summed E-state index contributed by atoms with van der Waals surface area (Å²) in [5, 5.41) is 5.08. The van der Waals surface area contributed by atoms with Crippen LogP contribution in [0.5, 0.6) is 5.75 Å². The Morgan fingerprint density at radius 3 is 3.04 bits per heavy atom. The van der Waals surface area contributed by atoms with Gasteiger partial charge in [0.25, 0.3) is 0 Å². The van der Waals surface area contributed by atoms with E-state index in [9.17, 15) is 4.79 Å². The van der Waals surface area contributed by atoms with Gasteiger partial charge in [-0.05, 0) is 30.9 Å². The number of carbonyl (C=O) groups excluding carboxylic acids is 1. The zero-order valence-electron chi connectivity index (χ0n) is 14.0. The molecule has 1 unspecified atom stereocenters. The fourth-order valence-electron chi connectivity index (χ4n) is 2.97. The van der Waals surface area contributed by atoms with E-state index in [1.807, 2.05) is 24.3 Å². The first-order valence-electron chi connectivity index (χ1n) is 8.46. The van der Waals surface area contributed by atoms with Gasteiger partial charge in [0.05, 0.1) is 0 Å². The minimum atomic E-state index is 0.123. The van der Waals surface area contributed by atoms with Gasteiger partial charge in [-0.25, -0.2) is 0 Å². The maximum absolute atomic E-state index is 12.1. The Hall–Kier alpha value is -1.85. The highest BCUT2D eigenvalue weighted by Gasteiger charge is 2.20. The molecule has 1 aromatic carbocycles. The quantitative estimate of drug-likeness (QED) is 0.876. The van der Waals surface area contributed by atoms with Gasteiger partial charge in [0, 0.05) is 43.0 Å². The van der Waals surface area contributed by atoms with E-state index in [2.05, 4.69) is 34.7 Å². The van der Waals surface area contributed by atoms with Crippen molar-refractivity contribution in [1.82, 2.24) is 10.2 Å². The van der Waals surface area contributed by atoms with E-state index in [0.29, 0.717) is 13.0 Å². The molecular formula is C19H24N2O2S. The Morgan fingerprint density at radius 1 is 1.33 bits per heavy atom. The van der Waals surface area contributed by atoms with Crippen molar-refractivity contribution in [3.8, 4) is 5.75 Å². The Labute approximate surface area is 147 Å². The topological polar surface area (TPSA) is 41.6 Å². The summed E-state index contributed by atoms with van der Waals surface area (Å²) in [6, 6.07) is 12.3. The Balaban J connectivity index is 1.44. The van der Waals surface area contributed by atoms with Gasteiger partial charge in [0.1, 0.15) is 11.9 Å². The third-order valence-corrected chi connectivity index (χ3v) is 5.07. The van der Waals surface area contributed by atoms with E-state index in [1.54, 1.807) is 11.3 Å². The van der Waals surface area contributed by atoms with Gasteiger partial charge in [-0.2, -0.15) is 0 Å². The zero-order chi connectivity index (χ0) is 16.8. The van der Waals surface area contributed by atoms with Crippen LogP contribution in [0.4, 0.5) is 0 Å². The highest BCUT2D eigenvalue weighted by Crippen LogP contribution is 2.24. The van der Waals surface area contributed by atoms with Crippen molar-refractivity contribution in [3.05, 3.63) is 52.2 Å². The molecule has 5 heteroatoms. The molecule has 1 amide bonds. The van der Waals surface area contributed by atoms with Gasteiger partial charge in [0.2, 0.25) is 5.91 Å². The second-order valence-corrected chi connectivity index (χ2v) is 7.23. The van der Waals surface area contributed by atoms with Crippen molar-refractivity contribution >= 4 is 17.2 Å². The third-order valence-electron chi connectivity index (χ3n) is 4.14. The maximum Gasteiger partial charge on any atom is 0.221 e. The van der Waals surface area contributed by atoms with Crippen molar-refractivity contribution in [1.29, 1.82) is 0 Å². The molecule has 0 aliphatic carbocycles. The molecule has 3 rings (SSSR count). The molecule has 1 aliphatic rings. The highest BCUT2D eigenvalue weighted by molar-refractivity contribution is 7.09. The van der Waals surface area contributed by atoms with E-state index >= 15 is 0 Å². The maximum atomic E-state index is 12.1. The molecule has 4 nitrogen and oxygen atoms in total. The van der Waals surface area contributed by atoms with Crippen LogP contribution in [-0.2, 0) is 17.8 Å². The monoisotopic (exact) mass is 344 g/mol. The lowest BCUT2D eigenvalue weighted by Gasteiger charge is -2.21. The zero-order valence-corrected chi connectivity index (χ0v) is 14.8. The molecule has 0 fully saturated rings. The number of ether oxygens (including phenoxy) is 1. The third kappa shape index (κ3) is 4.82. The van der Waals surface area contributed by atoms with Crippen molar-refractivity contribution in [2.45, 2.75) is 32.4 Å². The van der Waals surface area contributed by atoms with Gasteiger partial charge in [-0.3, -0.25) is 9.69 Å². The Morgan fingerprint density at radius 2 is 2.21 bits per heavy atom. The number of hydrogen-bond acceptors (Lipinski definition) is 4. The highest BCUT2D eigenvalue weighted by atomic mass is 32.1. The Kier molecular flexibility index (Phi) is 5.88. The summed E-state index contributed by atoms with van der Waals surface area (Å²) < 4.78 is 5.96. The molecule has 0 bridgehead atoms. The molecule has 24 heavy (non-hydrogen) atoms. The van der Waals surface area contributed by atoms with Crippen LogP contribution in [0.15, 0.2) is 41.8 Å². The van der Waals surface area contributed by atoms with Gasteiger partial charge in [0.15, 0.2) is 0 Å². The summed E-state index contributed by atoms with van der Waals surface area (Å²) in [5.41, 5.74) is 1.19. The minimum absolute atomic E-state index is 0.123. The molecule has 1 N–H and O–H groups in total. The van der Waals surface area contributed by atoms with Crippen LogP contribution in [0.25, 0.3) is 0 Å². The number of hydrogen-bond donors (Lipinski definition) is 1. The van der Waals surface area contributed by atoms with Crippen LogP contribution in [0.3, 0.4) is 0 Å². The molecule has 128 valence electrons. The lowest BCUT2D eigenvalue weighted by molar-refractivity contribution is -0.121. The second kappa shape index (κ2) is 8.31. The first-order valence-corrected chi connectivity index (χ1v) is 9.34. The number of benzene rings is 1. The van der Waals surface area contributed by atoms with Crippen LogP contribution in [-0.4, -0.2) is 36.5 Å². The van der Waals surface area contributed by atoms with Crippen LogP contribution in [0.1, 0.15) is 23.8 Å². The van der Waals surface area contributed by atoms with E-state index in [1.165, 1.54) is 10.4 Å². The van der Waals surface area contributed by atoms with Gasteiger partial charge in [-0.15, -0.1) is 11.3 Å². The average molecular weight is 344 g/mol. The average Bonchev–Trinajstić information content (AvgIpc) is 3.01. The SMILES string of the molecule is CC1CN(CCC(=O)NCCc2cccs2)Cc2ccccc2O1. The first kappa shape index (κ1) is 17.0. The fourth-order valence-corrected chi connectivity index (χ4v) is 3.68. The molecule has 1 atom stereocenters. The summed E-state index contributed by atoms with van der Waals surface area (Å²) in [5.74, 6) is 1.09. The smallest absolute Gasteiger partial charge is 0.221 e. The lowest BCUT2D eigenvalue weighted by atomic mass is 10.2. The molecular weight excluding hydrogens is 320 g/mol. The van der Waals surface area contributed by atoms with Crippen LogP contribution >= 0.6 is 11.3 Å². The van der Waals surface area contributed by atoms with E-state index < -0.39 is 0 Å². The normalized spacial score (nSPS) is 17.6. The number of rotatable bonds is 6. The Bertz CT molecular complexity index is 657. The number of nitrogens with one attached hydrogen (secondary N) is 1. The number of nitrogens with zero attached hydrogens (tertiary/aromatic N) is 1. The predicted molar refractivity (Wildman–Crippen MR) is 97.5 cm³/mol. The van der Waals surface area contributed by atoms with E-state index in [4.69, 9.17) is 4.74 Å². The second-order valence-electron chi connectivity index (χ2n) is 6.20. The van der Waals surface area contributed by atoms with Crippen molar-refractivity contribution in [2.24, 2.45) is 0 Å². The number of para-hydroxylation sites is 1. The van der Waals surface area contributed by atoms with Crippen molar-refractivity contribution in [2.75, 3.05) is 19.6 Å². The molecule has 1 aliphatic heterocycles. The van der Waals surface area contributed by atoms with E-state index in [-0.39, 0.29) is 12.0 Å². The number of amides is 1. The van der Waals surface area contributed by atoms with Gasteiger partial charge < -0.3 is 10.1 Å². The number of carbonyl (C=O) groups is 1. The van der Waals surface area contributed by atoms with Crippen molar-refractivity contribution < 1.29 is 9.53 Å². The molecule has 2 heterocycles. The summed E-state index contributed by atoms with van der Waals surface area (Å²) in [6.07, 6.45) is 1.57. The molecule has 0 saturated heterocycles. The van der Waals surface area contributed by atoms with E-state index in [0.717, 1.165) is 31.8 Å². The van der Waals surface area contributed by atoms with Crippen LogP contribution in [0.2, 0.25) is 0 Å². The molecule has 0 saturated carbocycles. The van der Waals surface area contributed by atoms with Gasteiger partial charge in [-0.1, -0.05) is 24.3 Å². The standard InChI is InChI=1S/C19H24N2O2S/c1-15-13-21(14-16-5-2-3-7-18(16)23-15)11-9-19(22)20-10-8-17-6-4-12-24-17/h2-7,12,15H,8-11,13-14H2,1H3,(H,20,22). The van der Waals surface area contributed by atoms with Gasteiger partial charge >= 0.3 is 0 Å². The molecule has 2 aromatic rings.